The minimum absolute atomic E-state index is 0.00318. The third-order valence-electron chi connectivity index (χ3n) is 5.96. The minimum atomic E-state index is -3.17. The molecule has 178 valence electrons. The van der Waals surface area contributed by atoms with Crippen LogP contribution in [0.3, 0.4) is 0 Å². The van der Waals surface area contributed by atoms with Crippen molar-refractivity contribution >= 4 is 23.3 Å². The fourth-order valence-electron chi connectivity index (χ4n) is 4.21. The lowest BCUT2D eigenvalue weighted by Crippen LogP contribution is -2.52. The largest absolute Gasteiger partial charge is 0.363 e. The third kappa shape index (κ3) is 4.61. The highest BCUT2D eigenvalue weighted by atomic mass is 35.5. The molecule has 12 heteroatoms. The molecule has 2 aliphatic heterocycles. The SMILES string of the molecule is C[C@@H](Nc1nc(Cl)nc2c1CN(C(=O)C1CCNCC1(F)F)C2)c1cccc(C(F)F)c1F. The molecule has 1 amide bonds. The molecule has 1 fully saturated rings. The fraction of sp³-hybridized carbons (Fsp3) is 0.476. The average Bonchev–Trinajstić information content (AvgIpc) is 3.17. The van der Waals surface area contributed by atoms with E-state index in [0.717, 1.165) is 6.07 Å². The van der Waals surface area contributed by atoms with Gasteiger partial charge in [-0.25, -0.2) is 31.9 Å². The zero-order valence-corrected chi connectivity index (χ0v) is 18.3. The van der Waals surface area contributed by atoms with E-state index in [-0.39, 0.29) is 36.2 Å². The molecule has 2 N–H and O–H groups in total. The van der Waals surface area contributed by atoms with E-state index >= 15 is 0 Å². The quantitative estimate of drug-likeness (QED) is 0.479. The minimum Gasteiger partial charge on any atom is -0.363 e. The number of halogens is 6. The standard InChI is InChI=1S/C21H21ClF5N5O/c1-10(11-3-2-4-12(16(11)23)17(24)25)29-18-13-7-32(8-15(13)30-20(22)31-18)19(33)14-5-6-28-9-21(14,26)27/h2-4,10,14,17,28H,5-9H2,1H3,(H,29,30,31)/t10-,14?/m1/s1. The van der Waals surface area contributed by atoms with Crippen LogP contribution < -0.4 is 10.6 Å². The highest BCUT2D eigenvalue weighted by Crippen LogP contribution is 2.36. The van der Waals surface area contributed by atoms with E-state index in [2.05, 4.69) is 20.6 Å². The van der Waals surface area contributed by atoms with Gasteiger partial charge in [-0.3, -0.25) is 4.79 Å². The van der Waals surface area contributed by atoms with Crippen molar-refractivity contribution in [3.63, 3.8) is 0 Å². The Balaban J connectivity index is 1.57. The molecule has 2 aliphatic rings. The smallest absolute Gasteiger partial charge is 0.271 e. The number of carbonyl (C=O) groups excluding carboxylic acids is 1. The highest BCUT2D eigenvalue weighted by Gasteiger charge is 2.48. The molecule has 6 nitrogen and oxygen atoms in total. The summed E-state index contributed by atoms with van der Waals surface area (Å²) in [6.07, 6.45) is -2.96. The highest BCUT2D eigenvalue weighted by molar-refractivity contribution is 6.28. The number of alkyl halides is 4. The Labute approximate surface area is 191 Å². The normalized spacial score (nSPS) is 20.6. The van der Waals surface area contributed by atoms with Crippen molar-refractivity contribution < 1.29 is 26.7 Å². The van der Waals surface area contributed by atoms with Crippen molar-refractivity contribution in [3.05, 3.63) is 51.7 Å². The summed E-state index contributed by atoms with van der Waals surface area (Å²) >= 11 is 6.01. The van der Waals surface area contributed by atoms with Gasteiger partial charge in [0.2, 0.25) is 11.2 Å². The number of piperidine rings is 1. The lowest BCUT2D eigenvalue weighted by molar-refractivity contribution is -0.154. The molecule has 33 heavy (non-hydrogen) atoms. The maximum absolute atomic E-state index is 14.6. The molecule has 0 aliphatic carbocycles. The second-order valence-electron chi connectivity index (χ2n) is 8.16. The number of hydrogen-bond acceptors (Lipinski definition) is 5. The zero-order chi connectivity index (χ0) is 23.9. The van der Waals surface area contributed by atoms with E-state index in [9.17, 15) is 26.7 Å². The number of amides is 1. The number of rotatable bonds is 5. The van der Waals surface area contributed by atoms with Gasteiger partial charge in [0.05, 0.1) is 36.9 Å². The molecule has 0 bridgehead atoms. The maximum atomic E-state index is 14.6. The van der Waals surface area contributed by atoms with Gasteiger partial charge < -0.3 is 15.5 Å². The molecule has 0 radical (unpaired) electrons. The Morgan fingerprint density at radius 2 is 2.00 bits per heavy atom. The monoisotopic (exact) mass is 489 g/mol. The predicted molar refractivity (Wildman–Crippen MR) is 111 cm³/mol. The first kappa shape index (κ1) is 23.6. The molecule has 1 saturated heterocycles. The van der Waals surface area contributed by atoms with E-state index in [4.69, 9.17) is 11.6 Å². The van der Waals surface area contributed by atoms with Gasteiger partial charge >= 0.3 is 0 Å². The molecule has 1 aromatic carbocycles. The summed E-state index contributed by atoms with van der Waals surface area (Å²) in [5.74, 6) is -6.15. The second-order valence-corrected chi connectivity index (χ2v) is 8.50. The summed E-state index contributed by atoms with van der Waals surface area (Å²) in [5.41, 5.74) is 0.128. The molecule has 2 atom stereocenters. The number of benzene rings is 1. The Kier molecular flexibility index (Phi) is 6.45. The number of carbonyl (C=O) groups is 1. The van der Waals surface area contributed by atoms with E-state index in [1.807, 2.05) is 0 Å². The van der Waals surface area contributed by atoms with Crippen LogP contribution in [0.2, 0.25) is 5.28 Å². The zero-order valence-electron chi connectivity index (χ0n) is 17.5. The van der Waals surface area contributed by atoms with Crippen LogP contribution >= 0.6 is 11.6 Å². The second kappa shape index (κ2) is 9.02. The van der Waals surface area contributed by atoms with Gasteiger partial charge in [0.25, 0.3) is 12.3 Å². The molecule has 3 heterocycles. The first-order chi connectivity index (χ1) is 15.6. The number of nitrogens with one attached hydrogen (secondary N) is 2. The van der Waals surface area contributed by atoms with Crippen molar-refractivity contribution in [1.29, 1.82) is 0 Å². The summed E-state index contributed by atoms with van der Waals surface area (Å²) in [6, 6.07) is 2.93. The summed E-state index contributed by atoms with van der Waals surface area (Å²) in [7, 11) is 0. The van der Waals surface area contributed by atoms with Gasteiger partial charge in [0.1, 0.15) is 17.6 Å². The first-order valence-electron chi connectivity index (χ1n) is 10.3. The average molecular weight is 490 g/mol. The molecule has 2 aromatic rings. The number of fused-ring (bicyclic) bond motifs is 1. The van der Waals surface area contributed by atoms with Crippen LogP contribution in [0.15, 0.2) is 18.2 Å². The van der Waals surface area contributed by atoms with Crippen molar-refractivity contribution in [2.45, 2.75) is 44.8 Å². The van der Waals surface area contributed by atoms with Gasteiger partial charge in [-0.15, -0.1) is 0 Å². The van der Waals surface area contributed by atoms with Crippen molar-refractivity contribution in [2.75, 3.05) is 18.4 Å². The van der Waals surface area contributed by atoms with Crippen LogP contribution in [-0.4, -0.2) is 39.8 Å². The summed E-state index contributed by atoms with van der Waals surface area (Å²) in [5, 5.41) is 5.39. The number of anilines is 1. The van der Waals surface area contributed by atoms with Gasteiger partial charge in [0.15, 0.2) is 0 Å². The van der Waals surface area contributed by atoms with Crippen LogP contribution in [-0.2, 0) is 17.9 Å². The summed E-state index contributed by atoms with van der Waals surface area (Å²) in [4.78, 5) is 22.4. The molecule has 0 saturated carbocycles. The van der Waals surface area contributed by atoms with Crippen LogP contribution in [0.5, 0.6) is 0 Å². The van der Waals surface area contributed by atoms with E-state index in [1.54, 1.807) is 6.92 Å². The summed E-state index contributed by atoms with van der Waals surface area (Å²) in [6.45, 7) is 1.26. The van der Waals surface area contributed by atoms with Gasteiger partial charge in [-0.1, -0.05) is 18.2 Å². The predicted octanol–water partition coefficient (Wildman–Crippen LogP) is 4.47. The van der Waals surface area contributed by atoms with E-state index in [0.29, 0.717) is 17.8 Å². The van der Waals surface area contributed by atoms with Crippen molar-refractivity contribution in [3.8, 4) is 0 Å². The van der Waals surface area contributed by atoms with Gasteiger partial charge in [-0.05, 0) is 31.5 Å². The van der Waals surface area contributed by atoms with Gasteiger partial charge in [-0.2, -0.15) is 0 Å². The fourth-order valence-corrected chi connectivity index (χ4v) is 4.40. The lowest BCUT2D eigenvalue weighted by atomic mass is 9.92. The van der Waals surface area contributed by atoms with Crippen molar-refractivity contribution in [1.82, 2.24) is 20.2 Å². The van der Waals surface area contributed by atoms with Crippen molar-refractivity contribution in [2.24, 2.45) is 5.92 Å². The Bertz CT molecular complexity index is 1070. The molecule has 0 spiro atoms. The number of aromatic nitrogens is 2. The Morgan fingerprint density at radius 3 is 2.70 bits per heavy atom. The van der Waals surface area contributed by atoms with Gasteiger partial charge in [0, 0.05) is 11.1 Å². The Hall–Kier alpha value is -2.53. The molecule has 4 rings (SSSR count). The van der Waals surface area contributed by atoms with Crippen LogP contribution in [0, 0.1) is 11.7 Å². The number of hydrogen-bond donors (Lipinski definition) is 2. The molecular formula is C21H21ClF5N5O. The van der Waals surface area contributed by atoms with E-state index < -0.39 is 48.1 Å². The summed E-state index contributed by atoms with van der Waals surface area (Å²) < 4.78 is 69.2. The lowest BCUT2D eigenvalue weighted by Gasteiger charge is -2.33. The molecule has 1 unspecified atom stereocenters. The molecular weight excluding hydrogens is 469 g/mol. The van der Waals surface area contributed by atoms with Crippen LogP contribution in [0.25, 0.3) is 0 Å². The maximum Gasteiger partial charge on any atom is 0.271 e. The first-order valence-corrected chi connectivity index (χ1v) is 10.7. The molecule has 1 aromatic heterocycles. The number of nitrogens with zero attached hydrogens (tertiary/aromatic N) is 3. The van der Waals surface area contributed by atoms with Crippen LogP contribution in [0.4, 0.5) is 27.8 Å². The third-order valence-corrected chi connectivity index (χ3v) is 6.13. The van der Waals surface area contributed by atoms with Crippen LogP contribution in [0.1, 0.15) is 48.2 Å². The Morgan fingerprint density at radius 1 is 1.27 bits per heavy atom. The van der Waals surface area contributed by atoms with E-state index in [1.165, 1.54) is 17.0 Å². The topological polar surface area (TPSA) is 70.2 Å².